The van der Waals surface area contributed by atoms with Crippen molar-refractivity contribution in [2.75, 3.05) is 12.8 Å². The monoisotopic (exact) mass is 272 g/mol. The molecule has 0 unspecified atom stereocenters. The minimum absolute atomic E-state index is 0.0806. The van der Waals surface area contributed by atoms with Crippen LogP contribution in [-0.2, 0) is 11.2 Å². The molecule has 4 nitrogen and oxygen atoms in total. The van der Waals surface area contributed by atoms with Gasteiger partial charge in [-0.05, 0) is 31.7 Å². The molecule has 0 amide bonds. The Labute approximate surface area is 118 Å². The van der Waals surface area contributed by atoms with E-state index in [1.54, 1.807) is 7.11 Å². The molecule has 106 valence electrons. The molecule has 1 aromatic carbocycles. The molecule has 0 aliphatic heterocycles. The van der Waals surface area contributed by atoms with E-state index < -0.39 is 0 Å². The zero-order chi connectivity index (χ0) is 14.2. The quantitative estimate of drug-likeness (QED) is 0.927. The van der Waals surface area contributed by atoms with Gasteiger partial charge in [-0.3, -0.25) is 0 Å². The van der Waals surface area contributed by atoms with Crippen LogP contribution >= 0.6 is 0 Å². The summed E-state index contributed by atoms with van der Waals surface area (Å²) in [5, 5.41) is 4.15. The Hall–Kier alpha value is -1.81. The highest BCUT2D eigenvalue weighted by molar-refractivity contribution is 5.75. The second-order valence-corrected chi connectivity index (χ2v) is 5.65. The first-order valence-electron chi connectivity index (χ1n) is 7.00. The summed E-state index contributed by atoms with van der Waals surface area (Å²) in [5.74, 6) is 0.384. The number of hydrogen-bond acceptors (Lipinski definition) is 4. The average Bonchev–Trinajstić information content (AvgIpc) is 2.76. The predicted octanol–water partition coefficient (Wildman–Crippen LogP) is 3.34. The van der Waals surface area contributed by atoms with E-state index in [0.29, 0.717) is 5.88 Å². The molecule has 0 atom stereocenters. The first-order chi connectivity index (χ1) is 9.63. The number of methoxy groups -OCH3 is 1. The molecule has 1 saturated carbocycles. The second kappa shape index (κ2) is 4.94. The largest absolute Gasteiger partial charge is 0.378 e. The Morgan fingerprint density at radius 3 is 2.55 bits per heavy atom. The minimum atomic E-state index is -0.0806. The lowest BCUT2D eigenvalue weighted by molar-refractivity contribution is -0.0717. The first kappa shape index (κ1) is 13.2. The molecular formula is C16H20N2O2. The Bertz CT molecular complexity index is 592. The van der Waals surface area contributed by atoms with Crippen LogP contribution in [-0.4, -0.2) is 17.9 Å². The number of aryl methyl sites for hydroxylation is 1. The van der Waals surface area contributed by atoms with E-state index in [4.69, 9.17) is 15.0 Å². The zero-order valence-corrected chi connectivity index (χ0v) is 12.0. The summed E-state index contributed by atoms with van der Waals surface area (Å²) in [6.07, 6.45) is 4.11. The Balaban J connectivity index is 1.95. The van der Waals surface area contributed by atoms with Gasteiger partial charge in [0.2, 0.25) is 5.88 Å². The second-order valence-electron chi connectivity index (χ2n) is 5.65. The number of nitrogen functional groups attached to an aromatic ring is 1. The maximum atomic E-state index is 5.96. The molecule has 1 aliphatic carbocycles. The van der Waals surface area contributed by atoms with Gasteiger partial charge >= 0.3 is 0 Å². The Morgan fingerprint density at radius 1 is 1.30 bits per heavy atom. The average molecular weight is 272 g/mol. The molecule has 0 saturated heterocycles. The van der Waals surface area contributed by atoms with Gasteiger partial charge in [0.15, 0.2) is 0 Å². The number of rotatable bonds is 4. The van der Waals surface area contributed by atoms with Gasteiger partial charge in [-0.25, -0.2) is 0 Å². The van der Waals surface area contributed by atoms with Crippen molar-refractivity contribution in [3.63, 3.8) is 0 Å². The summed E-state index contributed by atoms with van der Waals surface area (Å²) in [5.41, 5.74) is 9.96. The van der Waals surface area contributed by atoms with Crippen molar-refractivity contribution in [1.82, 2.24) is 5.16 Å². The summed E-state index contributed by atoms with van der Waals surface area (Å²) < 4.78 is 10.9. The van der Waals surface area contributed by atoms with Gasteiger partial charge in [-0.15, -0.1) is 0 Å². The van der Waals surface area contributed by atoms with Crippen LogP contribution < -0.4 is 5.73 Å². The number of ether oxygens (including phenoxy) is 1. The molecule has 2 N–H and O–H groups in total. The summed E-state index contributed by atoms with van der Waals surface area (Å²) in [7, 11) is 1.77. The Morgan fingerprint density at radius 2 is 2.00 bits per heavy atom. The van der Waals surface area contributed by atoms with Gasteiger partial charge in [0.1, 0.15) is 0 Å². The van der Waals surface area contributed by atoms with Crippen molar-refractivity contribution in [2.24, 2.45) is 0 Å². The van der Waals surface area contributed by atoms with Gasteiger partial charge in [0.05, 0.1) is 16.9 Å². The minimum Gasteiger partial charge on any atom is -0.378 e. The summed E-state index contributed by atoms with van der Waals surface area (Å²) in [6.45, 7) is 2.07. The van der Waals surface area contributed by atoms with Crippen LogP contribution in [0, 0.1) is 6.92 Å². The molecule has 2 aromatic rings. The van der Waals surface area contributed by atoms with E-state index in [2.05, 4.69) is 36.3 Å². The molecule has 1 fully saturated rings. The lowest BCUT2D eigenvalue weighted by Crippen LogP contribution is -2.41. The molecule has 0 spiro atoms. The molecule has 1 aliphatic rings. The van der Waals surface area contributed by atoms with Crippen molar-refractivity contribution in [1.29, 1.82) is 0 Å². The van der Waals surface area contributed by atoms with Crippen LogP contribution in [0.2, 0.25) is 0 Å². The third-order valence-electron chi connectivity index (χ3n) is 4.32. The van der Waals surface area contributed by atoms with E-state index in [1.807, 2.05) is 0 Å². The summed E-state index contributed by atoms with van der Waals surface area (Å²) >= 11 is 0. The fourth-order valence-corrected chi connectivity index (χ4v) is 2.82. The number of hydrogen-bond donors (Lipinski definition) is 1. The molecule has 20 heavy (non-hydrogen) atoms. The molecule has 1 heterocycles. The van der Waals surface area contributed by atoms with Crippen molar-refractivity contribution in [2.45, 2.75) is 38.2 Å². The van der Waals surface area contributed by atoms with Gasteiger partial charge in [-0.2, -0.15) is 0 Å². The fraction of sp³-hybridized carbons (Fsp3) is 0.438. The standard InChI is InChI=1S/C16H20N2O2/c1-11-4-6-12(7-5-11)14-13(18-20-15(14)17)10-16(19-2)8-3-9-16/h4-7H,3,8-10,17H2,1-2H3. The van der Waals surface area contributed by atoms with Crippen LogP contribution in [0.5, 0.6) is 0 Å². The van der Waals surface area contributed by atoms with Gasteiger partial charge in [-0.1, -0.05) is 35.0 Å². The Kier molecular flexibility index (Phi) is 3.26. The van der Waals surface area contributed by atoms with Gasteiger partial charge < -0.3 is 15.0 Å². The normalized spacial score (nSPS) is 16.9. The van der Waals surface area contributed by atoms with Gasteiger partial charge in [0.25, 0.3) is 0 Å². The van der Waals surface area contributed by atoms with Crippen LogP contribution in [0.4, 0.5) is 5.88 Å². The number of aromatic nitrogens is 1. The summed E-state index contributed by atoms with van der Waals surface area (Å²) in [4.78, 5) is 0. The maximum absolute atomic E-state index is 5.96. The number of nitrogens with two attached hydrogens (primary N) is 1. The van der Waals surface area contributed by atoms with Crippen LogP contribution in [0.1, 0.15) is 30.5 Å². The topological polar surface area (TPSA) is 61.3 Å². The van der Waals surface area contributed by atoms with Crippen molar-refractivity contribution >= 4 is 5.88 Å². The van der Waals surface area contributed by atoms with E-state index in [1.165, 1.54) is 12.0 Å². The third-order valence-corrected chi connectivity index (χ3v) is 4.32. The van der Waals surface area contributed by atoms with E-state index in [0.717, 1.165) is 36.1 Å². The van der Waals surface area contributed by atoms with E-state index in [-0.39, 0.29) is 5.60 Å². The van der Waals surface area contributed by atoms with Crippen LogP contribution in [0.3, 0.4) is 0 Å². The molecular weight excluding hydrogens is 252 g/mol. The molecule has 1 aromatic heterocycles. The van der Waals surface area contributed by atoms with Crippen LogP contribution in [0.15, 0.2) is 28.8 Å². The number of anilines is 1. The highest BCUT2D eigenvalue weighted by Gasteiger charge is 2.39. The smallest absolute Gasteiger partial charge is 0.230 e. The van der Waals surface area contributed by atoms with E-state index >= 15 is 0 Å². The van der Waals surface area contributed by atoms with Crippen molar-refractivity contribution < 1.29 is 9.26 Å². The SMILES string of the molecule is COC1(Cc2noc(N)c2-c2ccc(C)cc2)CCC1. The first-order valence-corrected chi connectivity index (χ1v) is 7.00. The lowest BCUT2D eigenvalue weighted by Gasteiger charge is -2.40. The van der Waals surface area contributed by atoms with Crippen molar-refractivity contribution in [3.8, 4) is 11.1 Å². The predicted molar refractivity (Wildman–Crippen MR) is 78.4 cm³/mol. The lowest BCUT2D eigenvalue weighted by atomic mass is 9.76. The molecule has 4 heteroatoms. The van der Waals surface area contributed by atoms with Crippen molar-refractivity contribution in [3.05, 3.63) is 35.5 Å². The number of nitrogens with zero attached hydrogens (tertiary/aromatic N) is 1. The molecule has 3 rings (SSSR count). The third kappa shape index (κ3) is 2.20. The molecule has 0 bridgehead atoms. The summed E-state index contributed by atoms with van der Waals surface area (Å²) in [6, 6.07) is 8.26. The zero-order valence-electron chi connectivity index (χ0n) is 12.0. The van der Waals surface area contributed by atoms with Crippen LogP contribution in [0.25, 0.3) is 11.1 Å². The highest BCUT2D eigenvalue weighted by atomic mass is 16.5. The van der Waals surface area contributed by atoms with E-state index in [9.17, 15) is 0 Å². The maximum Gasteiger partial charge on any atom is 0.230 e. The number of benzene rings is 1. The molecule has 0 radical (unpaired) electrons. The fourth-order valence-electron chi connectivity index (χ4n) is 2.82. The van der Waals surface area contributed by atoms with Gasteiger partial charge in [0, 0.05) is 13.5 Å². The highest BCUT2D eigenvalue weighted by Crippen LogP contribution is 2.40.